The van der Waals surface area contributed by atoms with Gasteiger partial charge < -0.3 is 10.1 Å². The minimum absolute atomic E-state index is 0.129. The number of nitrogens with zero attached hydrogens (tertiary/aromatic N) is 1. The summed E-state index contributed by atoms with van der Waals surface area (Å²) in [6.45, 7) is 6.13. The minimum Gasteiger partial charge on any atom is -0.374 e. The van der Waals surface area contributed by atoms with E-state index in [9.17, 15) is 4.79 Å². The monoisotopic (exact) mass is 240 g/mol. The molecule has 4 heteroatoms. The van der Waals surface area contributed by atoms with Gasteiger partial charge >= 0.3 is 0 Å². The highest BCUT2D eigenvalue weighted by molar-refractivity contribution is 5.85. The Kier molecular flexibility index (Phi) is 4.95. The Balaban J connectivity index is 1.89. The average Bonchev–Trinajstić information content (AvgIpc) is 2.86. The standard InChI is InChI=1S/C13H24N2O2/c1-2-17-10-13(16)12-4-3-9-15(12)11-5-7-14-8-6-11/h11-12,14H,2-10H2,1H3. The molecule has 2 rings (SSSR count). The number of ketones is 1. The Hall–Kier alpha value is -0.450. The first-order valence-electron chi connectivity index (χ1n) is 6.90. The van der Waals surface area contributed by atoms with Gasteiger partial charge in [0, 0.05) is 12.6 Å². The first-order chi connectivity index (χ1) is 8.33. The van der Waals surface area contributed by atoms with Gasteiger partial charge in [-0.1, -0.05) is 0 Å². The highest BCUT2D eigenvalue weighted by atomic mass is 16.5. The first-order valence-corrected chi connectivity index (χ1v) is 6.90. The van der Waals surface area contributed by atoms with Gasteiger partial charge in [-0.2, -0.15) is 0 Å². The van der Waals surface area contributed by atoms with E-state index in [4.69, 9.17) is 4.74 Å². The van der Waals surface area contributed by atoms with E-state index < -0.39 is 0 Å². The van der Waals surface area contributed by atoms with Crippen LogP contribution in [0, 0.1) is 0 Å². The SMILES string of the molecule is CCOCC(=O)C1CCCN1C1CCNCC1. The third-order valence-corrected chi connectivity index (χ3v) is 3.89. The summed E-state index contributed by atoms with van der Waals surface area (Å²) < 4.78 is 5.25. The van der Waals surface area contributed by atoms with Crippen LogP contribution in [-0.4, -0.2) is 55.6 Å². The molecule has 2 aliphatic heterocycles. The van der Waals surface area contributed by atoms with Crippen molar-refractivity contribution in [2.24, 2.45) is 0 Å². The third-order valence-electron chi connectivity index (χ3n) is 3.89. The van der Waals surface area contributed by atoms with Crippen LogP contribution in [-0.2, 0) is 9.53 Å². The number of ether oxygens (including phenoxy) is 1. The molecule has 1 atom stereocenters. The van der Waals surface area contributed by atoms with Crippen molar-refractivity contribution in [2.75, 3.05) is 32.8 Å². The largest absolute Gasteiger partial charge is 0.374 e. The zero-order chi connectivity index (χ0) is 12.1. The van der Waals surface area contributed by atoms with Gasteiger partial charge in [0.25, 0.3) is 0 Å². The van der Waals surface area contributed by atoms with E-state index in [2.05, 4.69) is 10.2 Å². The molecular weight excluding hydrogens is 216 g/mol. The maximum atomic E-state index is 12.1. The highest BCUT2D eigenvalue weighted by Gasteiger charge is 2.35. The zero-order valence-corrected chi connectivity index (χ0v) is 10.8. The third kappa shape index (κ3) is 3.27. The van der Waals surface area contributed by atoms with Gasteiger partial charge in [-0.05, 0) is 52.2 Å². The summed E-state index contributed by atoms with van der Waals surface area (Å²) in [7, 11) is 0. The van der Waals surface area contributed by atoms with Crippen LogP contribution < -0.4 is 5.32 Å². The molecular formula is C13H24N2O2. The average molecular weight is 240 g/mol. The molecule has 2 saturated heterocycles. The van der Waals surface area contributed by atoms with E-state index >= 15 is 0 Å². The second kappa shape index (κ2) is 6.47. The maximum absolute atomic E-state index is 12.1. The van der Waals surface area contributed by atoms with Gasteiger partial charge in [0.1, 0.15) is 6.61 Å². The fourth-order valence-electron chi connectivity index (χ4n) is 3.01. The van der Waals surface area contributed by atoms with Crippen LogP contribution in [0.3, 0.4) is 0 Å². The number of carbonyl (C=O) groups excluding carboxylic acids is 1. The number of piperidine rings is 1. The Bertz CT molecular complexity index is 252. The topological polar surface area (TPSA) is 41.6 Å². The van der Waals surface area contributed by atoms with Crippen LogP contribution in [0.5, 0.6) is 0 Å². The molecule has 4 nitrogen and oxygen atoms in total. The summed E-state index contributed by atoms with van der Waals surface area (Å²) in [5.74, 6) is 0.280. The molecule has 1 N–H and O–H groups in total. The van der Waals surface area contributed by atoms with Gasteiger partial charge in [-0.15, -0.1) is 0 Å². The maximum Gasteiger partial charge on any atom is 0.175 e. The summed E-state index contributed by atoms with van der Waals surface area (Å²) in [6, 6.07) is 0.735. The summed E-state index contributed by atoms with van der Waals surface area (Å²) in [4.78, 5) is 14.5. The number of nitrogens with one attached hydrogen (secondary N) is 1. The molecule has 98 valence electrons. The number of likely N-dealkylation sites (tertiary alicyclic amines) is 1. The molecule has 0 radical (unpaired) electrons. The van der Waals surface area contributed by atoms with E-state index in [-0.39, 0.29) is 11.8 Å². The van der Waals surface area contributed by atoms with Crippen molar-refractivity contribution in [1.82, 2.24) is 10.2 Å². The van der Waals surface area contributed by atoms with Crippen molar-refractivity contribution in [1.29, 1.82) is 0 Å². The van der Waals surface area contributed by atoms with Crippen molar-refractivity contribution >= 4 is 5.78 Å². The Morgan fingerprint density at radius 2 is 2.12 bits per heavy atom. The lowest BCUT2D eigenvalue weighted by Gasteiger charge is -2.35. The van der Waals surface area contributed by atoms with Crippen molar-refractivity contribution in [3.05, 3.63) is 0 Å². The highest BCUT2D eigenvalue weighted by Crippen LogP contribution is 2.24. The molecule has 0 aromatic carbocycles. The molecule has 0 aliphatic carbocycles. The summed E-state index contributed by atoms with van der Waals surface area (Å²) in [5.41, 5.74) is 0. The molecule has 1 unspecified atom stereocenters. The lowest BCUT2D eigenvalue weighted by molar-refractivity contribution is -0.128. The van der Waals surface area contributed by atoms with E-state index in [1.165, 1.54) is 12.8 Å². The van der Waals surface area contributed by atoms with Crippen molar-refractivity contribution in [2.45, 2.75) is 44.7 Å². The second-order valence-electron chi connectivity index (χ2n) is 4.98. The Morgan fingerprint density at radius 1 is 1.35 bits per heavy atom. The van der Waals surface area contributed by atoms with Crippen LogP contribution in [0.25, 0.3) is 0 Å². The molecule has 0 aromatic rings. The van der Waals surface area contributed by atoms with Crippen LogP contribution in [0.1, 0.15) is 32.6 Å². The first kappa shape index (κ1) is 13.0. The van der Waals surface area contributed by atoms with E-state index in [1.807, 2.05) is 6.92 Å². The number of hydrogen-bond acceptors (Lipinski definition) is 4. The molecule has 2 fully saturated rings. The van der Waals surface area contributed by atoms with Gasteiger partial charge in [-0.25, -0.2) is 0 Å². The Morgan fingerprint density at radius 3 is 2.82 bits per heavy atom. The number of hydrogen-bond donors (Lipinski definition) is 1. The number of Topliss-reactive ketones (excluding diaryl/α,β-unsaturated/α-hetero) is 1. The van der Waals surface area contributed by atoms with Gasteiger partial charge in [0.05, 0.1) is 6.04 Å². The smallest absolute Gasteiger partial charge is 0.175 e. The second-order valence-corrected chi connectivity index (χ2v) is 4.98. The normalized spacial score (nSPS) is 27.5. The van der Waals surface area contributed by atoms with Crippen LogP contribution in [0.15, 0.2) is 0 Å². The van der Waals surface area contributed by atoms with E-state index in [0.717, 1.165) is 32.5 Å². The Labute approximate surface area is 104 Å². The summed E-state index contributed by atoms with van der Waals surface area (Å²) in [6.07, 6.45) is 4.54. The predicted octanol–water partition coefficient (Wildman–Crippen LogP) is 0.808. The summed E-state index contributed by atoms with van der Waals surface area (Å²) >= 11 is 0. The van der Waals surface area contributed by atoms with Crippen LogP contribution >= 0.6 is 0 Å². The fraction of sp³-hybridized carbons (Fsp3) is 0.923. The van der Waals surface area contributed by atoms with Crippen molar-refractivity contribution in [3.8, 4) is 0 Å². The lowest BCUT2D eigenvalue weighted by atomic mass is 10.0. The number of carbonyl (C=O) groups is 1. The molecule has 17 heavy (non-hydrogen) atoms. The molecule has 0 spiro atoms. The van der Waals surface area contributed by atoms with E-state index in [0.29, 0.717) is 19.3 Å². The van der Waals surface area contributed by atoms with Crippen molar-refractivity contribution < 1.29 is 9.53 Å². The molecule has 0 bridgehead atoms. The fourth-order valence-corrected chi connectivity index (χ4v) is 3.01. The molecule has 0 saturated carbocycles. The molecule has 0 aromatic heterocycles. The molecule has 2 aliphatic rings. The quantitative estimate of drug-likeness (QED) is 0.772. The van der Waals surface area contributed by atoms with Gasteiger partial charge in [0.2, 0.25) is 0 Å². The zero-order valence-electron chi connectivity index (χ0n) is 10.8. The predicted molar refractivity (Wildman–Crippen MR) is 67.1 cm³/mol. The van der Waals surface area contributed by atoms with Crippen LogP contribution in [0.2, 0.25) is 0 Å². The molecule has 0 amide bonds. The minimum atomic E-state index is 0.129. The number of rotatable bonds is 5. The van der Waals surface area contributed by atoms with Gasteiger partial charge in [-0.3, -0.25) is 9.69 Å². The summed E-state index contributed by atoms with van der Waals surface area (Å²) in [5, 5.41) is 3.38. The van der Waals surface area contributed by atoms with E-state index in [1.54, 1.807) is 0 Å². The van der Waals surface area contributed by atoms with Gasteiger partial charge in [0.15, 0.2) is 5.78 Å². The lowest BCUT2D eigenvalue weighted by Crippen LogP contribution is -2.48. The molecule has 2 heterocycles. The van der Waals surface area contributed by atoms with Crippen LogP contribution in [0.4, 0.5) is 0 Å². The van der Waals surface area contributed by atoms with Crippen molar-refractivity contribution in [3.63, 3.8) is 0 Å².